The van der Waals surface area contributed by atoms with Crippen LogP contribution in [0.15, 0.2) is 11.0 Å². The van der Waals surface area contributed by atoms with Crippen molar-refractivity contribution in [2.45, 2.75) is 6.42 Å². The number of aromatic nitrogens is 2. The number of H-pyrrole nitrogens is 2. The Bertz CT molecular complexity index is 299. The molecule has 1 aromatic heterocycles. The third kappa shape index (κ3) is 1.78. The summed E-state index contributed by atoms with van der Waals surface area (Å²) in [6, 6.07) is 0. The zero-order chi connectivity index (χ0) is 8.27. The van der Waals surface area contributed by atoms with Crippen LogP contribution in [0.1, 0.15) is 16.9 Å². The molecule has 0 spiro atoms. The average molecular weight is 155 g/mol. The normalized spacial score (nSPS) is 9.91. The van der Waals surface area contributed by atoms with E-state index in [-0.39, 0.29) is 17.9 Å². The second-order valence-corrected chi connectivity index (χ2v) is 2.12. The van der Waals surface area contributed by atoms with Gasteiger partial charge in [-0.2, -0.15) is 0 Å². The third-order valence-corrected chi connectivity index (χ3v) is 1.27. The third-order valence-electron chi connectivity index (χ3n) is 1.27. The van der Waals surface area contributed by atoms with E-state index in [1.807, 2.05) is 0 Å². The number of ketones is 1. The van der Waals surface area contributed by atoms with Gasteiger partial charge in [0.25, 0.3) is 0 Å². The number of aromatic amines is 2. The highest BCUT2D eigenvalue weighted by Gasteiger charge is 2.05. The Morgan fingerprint density at radius 2 is 2.36 bits per heavy atom. The maximum atomic E-state index is 11.0. The highest BCUT2D eigenvalue weighted by Crippen LogP contribution is 1.92. The molecule has 60 valence electrons. The lowest BCUT2D eigenvalue weighted by Gasteiger charge is -1.90. The maximum Gasteiger partial charge on any atom is 0.323 e. The molecule has 0 fully saturated rings. The molecule has 5 heteroatoms. The Morgan fingerprint density at radius 3 is 2.82 bits per heavy atom. The standard InChI is InChI=1S/C6H9N3O2/c7-2-1-5(10)4-3-8-6(11)9-4/h3H,1-2,7H2,(H2,8,9,11). The van der Waals surface area contributed by atoms with Gasteiger partial charge in [-0.1, -0.05) is 0 Å². The summed E-state index contributed by atoms with van der Waals surface area (Å²) in [5.41, 5.74) is 5.07. The SMILES string of the molecule is NCCC(=O)c1c[nH]c(=O)[nH]1. The molecule has 0 saturated carbocycles. The number of imidazole rings is 1. The van der Waals surface area contributed by atoms with Crippen LogP contribution in [0.25, 0.3) is 0 Å². The van der Waals surface area contributed by atoms with Crippen molar-refractivity contribution in [3.8, 4) is 0 Å². The first-order valence-electron chi connectivity index (χ1n) is 3.25. The molecule has 0 aliphatic rings. The molecule has 11 heavy (non-hydrogen) atoms. The quantitative estimate of drug-likeness (QED) is 0.501. The largest absolute Gasteiger partial charge is 0.330 e. The highest BCUT2D eigenvalue weighted by atomic mass is 16.1. The molecule has 4 N–H and O–H groups in total. The van der Waals surface area contributed by atoms with Crippen molar-refractivity contribution in [1.82, 2.24) is 9.97 Å². The Morgan fingerprint density at radius 1 is 1.64 bits per heavy atom. The molecule has 0 unspecified atom stereocenters. The number of nitrogens with two attached hydrogens (primary N) is 1. The van der Waals surface area contributed by atoms with Gasteiger partial charge in [-0.05, 0) is 6.54 Å². The lowest BCUT2D eigenvalue weighted by molar-refractivity contribution is 0.0981. The molecular weight excluding hydrogens is 146 g/mol. The van der Waals surface area contributed by atoms with Crippen LogP contribution in [0.3, 0.4) is 0 Å². The van der Waals surface area contributed by atoms with Crippen molar-refractivity contribution in [2.75, 3.05) is 6.54 Å². The van der Waals surface area contributed by atoms with E-state index < -0.39 is 0 Å². The second kappa shape index (κ2) is 3.16. The lowest BCUT2D eigenvalue weighted by Crippen LogP contribution is -2.10. The van der Waals surface area contributed by atoms with E-state index in [9.17, 15) is 9.59 Å². The summed E-state index contributed by atoms with van der Waals surface area (Å²) in [5, 5.41) is 0. The zero-order valence-electron chi connectivity index (χ0n) is 5.89. The summed E-state index contributed by atoms with van der Waals surface area (Å²) >= 11 is 0. The van der Waals surface area contributed by atoms with Gasteiger partial charge in [0.05, 0.1) is 0 Å². The van der Waals surface area contributed by atoms with Crippen molar-refractivity contribution in [3.05, 3.63) is 22.4 Å². The number of rotatable bonds is 3. The summed E-state index contributed by atoms with van der Waals surface area (Å²) in [7, 11) is 0. The Hall–Kier alpha value is -1.36. The van der Waals surface area contributed by atoms with Crippen molar-refractivity contribution >= 4 is 5.78 Å². The van der Waals surface area contributed by atoms with Crippen LogP contribution in [0.4, 0.5) is 0 Å². The van der Waals surface area contributed by atoms with Gasteiger partial charge < -0.3 is 15.7 Å². The predicted molar refractivity (Wildman–Crippen MR) is 39.4 cm³/mol. The van der Waals surface area contributed by atoms with Crippen LogP contribution in [-0.2, 0) is 0 Å². The Balaban J connectivity index is 2.76. The number of carbonyl (C=O) groups is 1. The van der Waals surface area contributed by atoms with E-state index in [0.29, 0.717) is 12.2 Å². The smallest absolute Gasteiger partial charge is 0.323 e. The summed E-state index contributed by atoms with van der Waals surface area (Å²) in [4.78, 5) is 26.2. The van der Waals surface area contributed by atoms with Crippen molar-refractivity contribution in [3.63, 3.8) is 0 Å². The first-order chi connectivity index (χ1) is 5.24. The van der Waals surface area contributed by atoms with Gasteiger partial charge in [-0.3, -0.25) is 4.79 Å². The fourth-order valence-corrected chi connectivity index (χ4v) is 0.748. The van der Waals surface area contributed by atoms with Gasteiger partial charge in [0.15, 0.2) is 5.78 Å². The molecule has 0 aliphatic carbocycles. The van der Waals surface area contributed by atoms with E-state index >= 15 is 0 Å². The minimum absolute atomic E-state index is 0.147. The molecule has 0 aromatic carbocycles. The lowest BCUT2D eigenvalue weighted by atomic mass is 10.2. The fourth-order valence-electron chi connectivity index (χ4n) is 0.748. The Labute approximate surface area is 62.6 Å². The highest BCUT2D eigenvalue weighted by molar-refractivity contribution is 5.94. The molecule has 0 atom stereocenters. The summed E-state index contributed by atoms with van der Waals surface area (Å²) in [5.74, 6) is -0.147. The van der Waals surface area contributed by atoms with Gasteiger partial charge >= 0.3 is 5.69 Å². The van der Waals surface area contributed by atoms with Gasteiger partial charge in [0.2, 0.25) is 0 Å². The molecule has 0 saturated heterocycles. The molecule has 0 amide bonds. The number of hydrogen-bond donors (Lipinski definition) is 3. The molecule has 1 heterocycles. The van der Waals surface area contributed by atoms with Crippen LogP contribution in [0.2, 0.25) is 0 Å². The van der Waals surface area contributed by atoms with Crippen LogP contribution < -0.4 is 11.4 Å². The fraction of sp³-hybridized carbons (Fsp3) is 0.333. The van der Waals surface area contributed by atoms with Gasteiger partial charge in [-0.25, -0.2) is 4.79 Å². The molecule has 5 nitrogen and oxygen atoms in total. The van der Waals surface area contributed by atoms with Crippen LogP contribution >= 0.6 is 0 Å². The Kier molecular flexibility index (Phi) is 2.22. The summed E-state index contributed by atoms with van der Waals surface area (Å²) < 4.78 is 0. The average Bonchev–Trinajstić information content (AvgIpc) is 2.36. The maximum absolute atomic E-state index is 11.0. The van der Waals surface area contributed by atoms with Crippen molar-refractivity contribution in [1.29, 1.82) is 0 Å². The molecule has 0 radical (unpaired) electrons. The van der Waals surface area contributed by atoms with Gasteiger partial charge in [0, 0.05) is 12.6 Å². The summed E-state index contributed by atoms with van der Waals surface area (Å²) in [6.07, 6.45) is 1.61. The second-order valence-electron chi connectivity index (χ2n) is 2.12. The minimum Gasteiger partial charge on any atom is -0.330 e. The van der Waals surface area contributed by atoms with Gasteiger partial charge in [-0.15, -0.1) is 0 Å². The van der Waals surface area contributed by atoms with Crippen molar-refractivity contribution in [2.24, 2.45) is 5.73 Å². The number of Topliss-reactive ketones (excluding diaryl/α,β-unsaturated/α-hetero) is 1. The first-order valence-corrected chi connectivity index (χ1v) is 3.25. The van der Waals surface area contributed by atoms with E-state index in [1.54, 1.807) is 0 Å². The van der Waals surface area contributed by atoms with E-state index in [4.69, 9.17) is 5.73 Å². The van der Waals surface area contributed by atoms with Crippen LogP contribution in [0.5, 0.6) is 0 Å². The van der Waals surface area contributed by atoms with E-state index in [2.05, 4.69) is 9.97 Å². The minimum atomic E-state index is -0.370. The molecule has 0 bridgehead atoms. The first kappa shape index (κ1) is 7.74. The van der Waals surface area contributed by atoms with Gasteiger partial charge in [0.1, 0.15) is 5.69 Å². The van der Waals surface area contributed by atoms with Crippen molar-refractivity contribution < 1.29 is 4.79 Å². The number of carbonyl (C=O) groups excluding carboxylic acids is 1. The van der Waals surface area contributed by atoms with E-state index in [0.717, 1.165) is 0 Å². The van der Waals surface area contributed by atoms with E-state index in [1.165, 1.54) is 6.20 Å². The molecule has 0 aliphatic heterocycles. The zero-order valence-corrected chi connectivity index (χ0v) is 5.89. The monoisotopic (exact) mass is 155 g/mol. The topological polar surface area (TPSA) is 91.7 Å². The molecule has 1 rings (SSSR count). The van der Waals surface area contributed by atoms with Crippen LogP contribution in [-0.4, -0.2) is 22.3 Å². The molecular formula is C6H9N3O2. The number of nitrogens with one attached hydrogen (secondary N) is 2. The van der Waals surface area contributed by atoms with Crippen LogP contribution in [0, 0.1) is 0 Å². The predicted octanol–water partition coefficient (Wildman–Crippen LogP) is -0.765. The number of hydrogen-bond acceptors (Lipinski definition) is 3. The molecule has 1 aromatic rings. The summed E-state index contributed by atoms with van der Waals surface area (Å²) in [6.45, 7) is 0.298.